The molecule has 0 N–H and O–H groups in total. The molecule has 0 aliphatic carbocycles. The van der Waals surface area contributed by atoms with Crippen LogP contribution in [0.4, 0.5) is 10.8 Å². The van der Waals surface area contributed by atoms with Crippen LogP contribution in [-0.4, -0.2) is 23.5 Å². The number of hydrogen-bond acceptors (Lipinski definition) is 6. The van der Waals surface area contributed by atoms with Gasteiger partial charge in [0.25, 0.3) is 0 Å². The second-order valence-electron chi connectivity index (χ2n) is 7.27. The van der Waals surface area contributed by atoms with E-state index in [1.807, 2.05) is 49.4 Å². The minimum Gasteiger partial charge on any atom is -0.494 e. The Morgan fingerprint density at radius 3 is 2.29 bits per heavy atom. The molecule has 31 heavy (non-hydrogen) atoms. The minimum absolute atomic E-state index is 0.635. The Balaban J connectivity index is 1.41. The number of aromatic nitrogens is 1. The van der Waals surface area contributed by atoms with Crippen LogP contribution in [0.1, 0.15) is 51.9 Å². The van der Waals surface area contributed by atoms with E-state index in [1.165, 1.54) is 49.9 Å². The van der Waals surface area contributed by atoms with Gasteiger partial charge in [-0.05, 0) is 62.2 Å². The molecule has 0 amide bonds. The topological polar surface area (TPSA) is 56.1 Å². The van der Waals surface area contributed by atoms with Crippen LogP contribution in [0.5, 0.6) is 11.5 Å². The first-order valence-electron chi connectivity index (χ1n) is 11.0. The second kappa shape index (κ2) is 13.4. The summed E-state index contributed by atoms with van der Waals surface area (Å²) in [6, 6.07) is 13.6. The van der Waals surface area contributed by atoms with Gasteiger partial charge in [-0.2, -0.15) is 0 Å². The SMILES string of the molecule is CCOc1ccc2nc(N=Nc3ccc(OCCCCCCCCCBr)cc3)sc2c1. The summed E-state index contributed by atoms with van der Waals surface area (Å²) in [6.07, 6.45) is 8.91. The highest BCUT2D eigenvalue weighted by molar-refractivity contribution is 9.09. The maximum absolute atomic E-state index is 5.84. The molecule has 5 nitrogen and oxygen atoms in total. The van der Waals surface area contributed by atoms with E-state index < -0.39 is 0 Å². The lowest BCUT2D eigenvalue weighted by molar-refractivity contribution is 0.304. The van der Waals surface area contributed by atoms with E-state index in [4.69, 9.17) is 9.47 Å². The number of unbranched alkanes of at least 4 members (excludes halogenated alkanes) is 6. The van der Waals surface area contributed by atoms with Crippen molar-refractivity contribution >= 4 is 48.3 Å². The third kappa shape index (κ3) is 8.22. The summed E-state index contributed by atoms with van der Waals surface area (Å²) in [4.78, 5) is 4.51. The molecule has 7 heteroatoms. The number of fused-ring (bicyclic) bond motifs is 1. The zero-order chi connectivity index (χ0) is 21.7. The molecule has 1 aromatic heterocycles. The number of halogens is 1. The largest absolute Gasteiger partial charge is 0.494 e. The first-order chi connectivity index (χ1) is 15.3. The Kier molecular flexibility index (Phi) is 10.3. The highest BCUT2D eigenvalue weighted by Gasteiger charge is 2.05. The van der Waals surface area contributed by atoms with Crippen LogP contribution in [-0.2, 0) is 0 Å². The van der Waals surface area contributed by atoms with Crippen molar-refractivity contribution in [1.82, 2.24) is 4.98 Å². The number of nitrogens with zero attached hydrogens (tertiary/aromatic N) is 3. The zero-order valence-electron chi connectivity index (χ0n) is 18.1. The fourth-order valence-corrected chi connectivity index (χ4v) is 4.38. The summed E-state index contributed by atoms with van der Waals surface area (Å²) in [5.74, 6) is 1.72. The number of hydrogen-bond donors (Lipinski definition) is 0. The molecule has 0 saturated heterocycles. The minimum atomic E-state index is 0.635. The normalized spacial score (nSPS) is 11.4. The molecule has 0 saturated carbocycles. The number of azo groups is 1. The molecule has 3 rings (SSSR count). The van der Waals surface area contributed by atoms with Gasteiger partial charge >= 0.3 is 0 Å². The van der Waals surface area contributed by atoms with Gasteiger partial charge in [-0.1, -0.05) is 59.4 Å². The summed E-state index contributed by atoms with van der Waals surface area (Å²) in [5, 5.41) is 10.4. The van der Waals surface area contributed by atoms with E-state index >= 15 is 0 Å². The van der Waals surface area contributed by atoms with Gasteiger partial charge in [-0.25, -0.2) is 4.98 Å². The Labute approximate surface area is 197 Å². The Hall–Kier alpha value is -1.99. The van der Waals surface area contributed by atoms with Gasteiger partial charge in [0, 0.05) is 5.33 Å². The van der Waals surface area contributed by atoms with E-state index in [-0.39, 0.29) is 0 Å². The van der Waals surface area contributed by atoms with Crippen LogP contribution in [0.25, 0.3) is 10.2 Å². The standard InChI is InChI=1S/C24H30BrN3O2S/c1-2-29-21-14-15-22-23(18-21)31-24(26-22)28-27-19-10-12-20(13-11-19)30-17-9-7-5-3-4-6-8-16-25/h10-15,18H,2-9,16-17H2,1H3. The smallest absolute Gasteiger partial charge is 0.231 e. The lowest BCUT2D eigenvalue weighted by atomic mass is 10.1. The monoisotopic (exact) mass is 503 g/mol. The van der Waals surface area contributed by atoms with E-state index in [9.17, 15) is 0 Å². The Bertz CT molecular complexity index is 944. The van der Waals surface area contributed by atoms with E-state index in [1.54, 1.807) is 0 Å². The van der Waals surface area contributed by atoms with Gasteiger partial charge in [-0.3, -0.25) is 0 Å². The van der Waals surface area contributed by atoms with Crippen LogP contribution in [0, 0.1) is 0 Å². The molecule has 1 heterocycles. The molecule has 166 valence electrons. The van der Waals surface area contributed by atoms with Gasteiger partial charge in [0.05, 0.1) is 29.1 Å². The van der Waals surface area contributed by atoms with Gasteiger partial charge in [-0.15, -0.1) is 10.2 Å². The molecule has 0 unspecified atom stereocenters. The Morgan fingerprint density at radius 1 is 0.839 bits per heavy atom. The average molecular weight is 504 g/mol. The fourth-order valence-electron chi connectivity index (χ4n) is 3.17. The molecule has 0 atom stereocenters. The number of ether oxygens (including phenoxy) is 2. The zero-order valence-corrected chi connectivity index (χ0v) is 20.5. The molecule has 0 bridgehead atoms. The van der Waals surface area contributed by atoms with Gasteiger partial charge in [0.15, 0.2) is 0 Å². The van der Waals surface area contributed by atoms with Crippen molar-refractivity contribution in [3.63, 3.8) is 0 Å². The maximum atomic E-state index is 5.84. The van der Waals surface area contributed by atoms with Gasteiger partial charge < -0.3 is 9.47 Å². The molecule has 0 radical (unpaired) electrons. The third-order valence-corrected chi connectivity index (χ3v) is 6.26. The van der Waals surface area contributed by atoms with Crippen molar-refractivity contribution in [2.24, 2.45) is 10.2 Å². The summed E-state index contributed by atoms with van der Waals surface area (Å²) >= 11 is 4.98. The number of rotatable bonds is 14. The fraction of sp³-hybridized carbons (Fsp3) is 0.458. The molecule has 0 aliphatic rings. The lowest BCUT2D eigenvalue weighted by Crippen LogP contribution is -1.96. The average Bonchev–Trinajstić information content (AvgIpc) is 3.20. The Morgan fingerprint density at radius 2 is 1.55 bits per heavy atom. The van der Waals surface area contributed by atoms with Crippen LogP contribution in [0.2, 0.25) is 0 Å². The van der Waals surface area contributed by atoms with E-state index in [2.05, 4.69) is 31.1 Å². The first-order valence-corrected chi connectivity index (χ1v) is 13.0. The van der Waals surface area contributed by atoms with Crippen LogP contribution >= 0.6 is 27.3 Å². The van der Waals surface area contributed by atoms with Crippen LogP contribution < -0.4 is 9.47 Å². The van der Waals surface area contributed by atoms with Crippen LogP contribution in [0.15, 0.2) is 52.7 Å². The number of alkyl halides is 1. The molecule has 3 aromatic rings. The van der Waals surface area contributed by atoms with Gasteiger partial charge in [0.1, 0.15) is 11.5 Å². The molecule has 0 aliphatic heterocycles. The number of benzene rings is 2. The molecule has 2 aromatic carbocycles. The molecule has 0 spiro atoms. The maximum Gasteiger partial charge on any atom is 0.231 e. The summed E-state index contributed by atoms with van der Waals surface area (Å²) in [6.45, 7) is 3.38. The molecular formula is C24H30BrN3O2S. The lowest BCUT2D eigenvalue weighted by Gasteiger charge is -2.06. The van der Waals surface area contributed by atoms with Crippen molar-refractivity contribution in [1.29, 1.82) is 0 Å². The van der Waals surface area contributed by atoms with Crippen molar-refractivity contribution < 1.29 is 9.47 Å². The number of thiazole rings is 1. The van der Waals surface area contributed by atoms with Crippen molar-refractivity contribution in [3.8, 4) is 11.5 Å². The quantitative estimate of drug-likeness (QED) is 0.125. The first kappa shape index (κ1) is 23.7. The molecule has 0 fully saturated rings. The van der Waals surface area contributed by atoms with E-state index in [0.29, 0.717) is 11.7 Å². The van der Waals surface area contributed by atoms with Crippen molar-refractivity contribution in [2.75, 3.05) is 18.5 Å². The van der Waals surface area contributed by atoms with Gasteiger partial charge in [0.2, 0.25) is 5.13 Å². The van der Waals surface area contributed by atoms with Crippen molar-refractivity contribution in [3.05, 3.63) is 42.5 Å². The summed E-state index contributed by atoms with van der Waals surface area (Å²) in [7, 11) is 0. The summed E-state index contributed by atoms with van der Waals surface area (Å²) in [5.41, 5.74) is 1.69. The van der Waals surface area contributed by atoms with Crippen LogP contribution in [0.3, 0.4) is 0 Å². The second-order valence-corrected chi connectivity index (χ2v) is 9.07. The van der Waals surface area contributed by atoms with Crippen molar-refractivity contribution in [2.45, 2.75) is 51.9 Å². The predicted octanol–water partition coefficient (Wildman–Crippen LogP) is 8.61. The summed E-state index contributed by atoms with van der Waals surface area (Å²) < 4.78 is 12.4. The highest BCUT2D eigenvalue weighted by Crippen LogP contribution is 2.32. The molecular weight excluding hydrogens is 474 g/mol. The van der Waals surface area contributed by atoms with E-state index in [0.717, 1.165) is 45.8 Å². The third-order valence-electron chi connectivity index (χ3n) is 4.79. The predicted molar refractivity (Wildman–Crippen MR) is 133 cm³/mol. The highest BCUT2D eigenvalue weighted by atomic mass is 79.9.